The Morgan fingerprint density at radius 2 is 2.10 bits per heavy atom. The fourth-order valence-corrected chi connectivity index (χ4v) is 2.02. The van der Waals surface area contributed by atoms with Crippen LogP contribution in [-0.2, 0) is 18.6 Å². The molecule has 0 aromatic carbocycles. The van der Waals surface area contributed by atoms with Crippen LogP contribution in [0.2, 0.25) is 0 Å². The third kappa shape index (κ3) is 3.39. The fourth-order valence-electron chi connectivity index (χ4n) is 2.02. The Morgan fingerprint density at radius 1 is 1.35 bits per heavy atom. The minimum atomic E-state index is -1.21. The number of hydrogen-bond acceptors (Lipinski definition) is 4. The highest BCUT2D eigenvalue weighted by Crippen LogP contribution is 2.23. The van der Waals surface area contributed by atoms with Crippen LogP contribution in [0.25, 0.3) is 0 Å². The molecule has 0 aliphatic carbocycles. The van der Waals surface area contributed by atoms with Gasteiger partial charge in [-0.2, -0.15) is 5.10 Å². The molecule has 1 atom stereocenters. The van der Waals surface area contributed by atoms with Gasteiger partial charge in [0.05, 0.1) is 11.9 Å². The summed E-state index contributed by atoms with van der Waals surface area (Å²) in [4.78, 5) is 8.13. The van der Waals surface area contributed by atoms with E-state index < -0.39 is 11.4 Å². The molecule has 0 saturated heterocycles. The van der Waals surface area contributed by atoms with Crippen LogP contribution < -0.4 is 0 Å². The minimum Gasteiger partial charge on any atom is -0.383 e. The molecule has 0 fully saturated rings. The predicted octanol–water partition coefficient (Wildman–Crippen LogP) is 1.92. The van der Waals surface area contributed by atoms with Crippen molar-refractivity contribution in [2.75, 3.05) is 0 Å². The van der Waals surface area contributed by atoms with E-state index in [0.717, 1.165) is 12.7 Å². The van der Waals surface area contributed by atoms with Crippen LogP contribution in [0.4, 0.5) is 4.39 Å². The molecule has 0 amide bonds. The summed E-state index contributed by atoms with van der Waals surface area (Å²) in [6, 6.07) is 2.77. The van der Waals surface area contributed by atoms with Crippen LogP contribution in [0.3, 0.4) is 0 Å². The highest BCUT2D eigenvalue weighted by Gasteiger charge is 2.27. The first kappa shape index (κ1) is 14.6. The minimum absolute atomic E-state index is 0.276. The standard InChI is InChI=1S/C14H19FN4O/c1-10(2)8-19-13(17-9-18-19)6-14(3,20)12-5-4-11(15)7-16-12/h4-5,7,9-10,20H,6,8H2,1-3H3. The second kappa shape index (κ2) is 5.66. The van der Waals surface area contributed by atoms with Crippen molar-refractivity contribution in [1.29, 1.82) is 0 Å². The largest absolute Gasteiger partial charge is 0.383 e. The van der Waals surface area contributed by atoms with E-state index in [9.17, 15) is 9.50 Å². The number of rotatable bonds is 5. The molecule has 2 heterocycles. The Bertz CT molecular complexity index is 563. The maximum absolute atomic E-state index is 12.9. The summed E-state index contributed by atoms with van der Waals surface area (Å²) in [6.45, 7) is 6.56. The molecule has 0 saturated carbocycles. The summed E-state index contributed by atoms with van der Waals surface area (Å²) in [5.41, 5.74) is -0.798. The summed E-state index contributed by atoms with van der Waals surface area (Å²) < 4.78 is 14.7. The summed E-state index contributed by atoms with van der Waals surface area (Å²) in [6.07, 6.45) is 2.85. The molecule has 1 N–H and O–H groups in total. The van der Waals surface area contributed by atoms with E-state index in [-0.39, 0.29) is 6.42 Å². The van der Waals surface area contributed by atoms with Gasteiger partial charge in [0.15, 0.2) is 0 Å². The van der Waals surface area contributed by atoms with E-state index in [4.69, 9.17) is 0 Å². The van der Waals surface area contributed by atoms with Crippen molar-refractivity contribution in [3.05, 3.63) is 42.0 Å². The van der Waals surface area contributed by atoms with E-state index in [1.807, 2.05) is 0 Å². The summed E-state index contributed by atoms with van der Waals surface area (Å²) in [5, 5.41) is 14.7. The average Bonchev–Trinajstić information content (AvgIpc) is 2.75. The first-order valence-electron chi connectivity index (χ1n) is 6.59. The summed E-state index contributed by atoms with van der Waals surface area (Å²) >= 11 is 0. The third-order valence-corrected chi connectivity index (χ3v) is 3.02. The fraction of sp³-hybridized carbons (Fsp3) is 0.500. The highest BCUT2D eigenvalue weighted by molar-refractivity contribution is 5.14. The zero-order valence-corrected chi connectivity index (χ0v) is 11.9. The van der Waals surface area contributed by atoms with Crippen molar-refractivity contribution in [3.63, 3.8) is 0 Å². The van der Waals surface area contributed by atoms with Gasteiger partial charge in [-0.25, -0.2) is 14.1 Å². The van der Waals surface area contributed by atoms with Gasteiger partial charge in [-0.05, 0) is 25.0 Å². The number of halogens is 1. The quantitative estimate of drug-likeness (QED) is 0.907. The third-order valence-electron chi connectivity index (χ3n) is 3.02. The van der Waals surface area contributed by atoms with Gasteiger partial charge in [-0.15, -0.1) is 0 Å². The maximum Gasteiger partial charge on any atom is 0.141 e. The molecule has 108 valence electrons. The molecule has 0 spiro atoms. The molecule has 2 rings (SSSR count). The van der Waals surface area contributed by atoms with Crippen LogP contribution in [-0.4, -0.2) is 24.9 Å². The molecule has 0 bridgehead atoms. The van der Waals surface area contributed by atoms with E-state index >= 15 is 0 Å². The van der Waals surface area contributed by atoms with E-state index in [1.54, 1.807) is 11.6 Å². The van der Waals surface area contributed by atoms with Gasteiger partial charge in [-0.1, -0.05) is 13.8 Å². The van der Waals surface area contributed by atoms with Crippen LogP contribution in [0, 0.1) is 11.7 Å². The second-order valence-electron chi connectivity index (χ2n) is 5.56. The zero-order valence-electron chi connectivity index (χ0n) is 11.9. The molecule has 20 heavy (non-hydrogen) atoms. The average molecular weight is 278 g/mol. The lowest BCUT2D eigenvalue weighted by molar-refractivity contribution is 0.0494. The molecule has 1 unspecified atom stereocenters. The second-order valence-corrected chi connectivity index (χ2v) is 5.56. The van der Waals surface area contributed by atoms with Gasteiger partial charge in [0.2, 0.25) is 0 Å². The van der Waals surface area contributed by atoms with Crippen LogP contribution in [0.5, 0.6) is 0 Å². The molecule has 6 heteroatoms. The normalized spacial score (nSPS) is 14.5. The maximum atomic E-state index is 12.9. The number of hydrogen-bond donors (Lipinski definition) is 1. The summed E-state index contributed by atoms with van der Waals surface area (Å²) in [5.74, 6) is 0.701. The molecule has 5 nitrogen and oxygen atoms in total. The predicted molar refractivity (Wildman–Crippen MR) is 72.3 cm³/mol. The lowest BCUT2D eigenvalue weighted by Gasteiger charge is -2.22. The SMILES string of the molecule is CC(C)Cn1ncnc1CC(C)(O)c1ccc(F)cn1. The zero-order chi connectivity index (χ0) is 14.8. The Balaban J connectivity index is 2.19. The van der Waals surface area contributed by atoms with E-state index in [1.165, 1.54) is 18.5 Å². The monoisotopic (exact) mass is 278 g/mol. The van der Waals surface area contributed by atoms with Crippen molar-refractivity contribution >= 4 is 0 Å². The van der Waals surface area contributed by atoms with Crippen molar-refractivity contribution in [2.24, 2.45) is 5.92 Å². The number of nitrogens with zero attached hydrogens (tertiary/aromatic N) is 4. The number of aliphatic hydroxyl groups is 1. The molecular formula is C14H19FN4O. The van der Waals surface area contributed by atoms with Gasteiger partial charge in [-0.3, -0.25) is 4.98 Å². The molecule has 0 aliphatic heterocycles. The van der Waals surface area contributed by atoms with Gasteiger partial charge < -0.3 is 5.11 Å². The Labute approximate surface area is 117 Å². The molecule has 0 aliphatic rings. The van der Waals surface area contributed by atoms with Gasteiger partial charge in [0.1, 0.15) is 23.6 Å². The van der Waals surface area contributed by atoms with Crippen LogP contribution >= 0.6 is 0 Å². The molecule has 0 radical (unpaired) electrons. The highest BCUT2D eigenvalue weighted by atomic mass is 19.1. The Morgan fingerprint density at radius 3 is 2.70 bits per heavy atom. The number of pyridine rings is 1. The molecular weight excluding hydrogens is 259 g/mol. The molecule has 2 aromatic heterocycles. The summed E-state index contributed by atoms with van der Waals surface area (Å²) in [7, 11) is 0. The molecule has 2 aromatic rings. The lowest BCUT2D eigenvalue weighted by atomic mass is 9.97. The first-order chi connectivity index (χ1) is 9.38. The van der Waals surface area contributed by atoms with E-state index in [2.05, 4.69) is 28.9 Å². The van der Waals surface area contributed by atoms with Crippen molar-refractivity contribution in [2.45, 2.75) is 39.3 Å². The smallest absolute Gasteiger partial charge is 0.141 e. The van der Waals surface area contributed by atoms with Crippen LogP contribution in [0.1, 0.15) is 32.3 Å². The van der Waals surface area contributed by atoms with Gasteiger partial charge >= 0.3 is 0 Å². The van der Waals surface area contributed by atoms with Gasteiger partial charge in [0, 0.05) is 13.0 Å². The Kier molecular flexibility index (Phi) is 4.13. The topological polar surface area (TPSA) is 63.8 Å². The number of aromatic nitrogens is 4. The van der Waals surface area contributed by atoms with E-state index in [0.29, 0.717) is 17.4 Å². The Hall–Kier alpha value is -1.82. The van der Waals surface area contributed by atoms with Crippen LogP contribution in [0.15, 0.2) is 24.7 Å². The van der Waals surface area contributed by atoms with Crippen molar-refractivity contribution in [1.82, 2.24) is 19.7 Å². The first-order valence-corrected chi connectivity index (χ1v) is 6.59. The van der Waals surface area contributed by atoms with Gasteiger partial charge in [0.25, 0.3) is 0 Å². The van der Waals surface area contributed by atoms with Crippen molar-refractivity contribution in [3.8, 4) is 0 Å². The lowest BCUT2D eigenvalue weighted by Crippen LogP contribution is -2.28. The van der Waals surface area contributed by atoms with Crippen molar-refractivity contribution < 1.29 is 9.50 Å².